The number of carbonyl (C=O) groups is 2. The third-order valence-electron chi connectivity index (χ3n) is 4.26. The number of amides is 2. The molecule has 0 spiro atoms. The molecule has 0 aromatic heterocycles. The highest BCUT2D eigenvalue weighted by molar-refractivity contribution is 5.74. The highest BCUT2D eigenvalue weighted by Gasteiger charge is 2.34. The van der Waals surface area contributed by atoms with Gasteiger partial charge in [0.05, 0.1) is 6.42 Å². The van der Waals surface area contributed by atoms with Crippen molar-refractivity contribution >= 4 is 12.0 Å². The van der Waals surface area contributed by atoms with E-state index in [-0.39, 0.29) is 23.9 Å². The second-order valence-corrected chi connectivity index (χ2v) is 5.97. The lowest BCUT2D eigenvalue weighted by molar-refractivity contribution is -0.140. The molecule has 3 N–H and O–H groups in total. The predicted octanol–water partition coefficient (Wildman–Crippen LogP) is 2.51. The molecule has 1 fully saturated rings. The second kappa shape index (κ2) is 8.56. The minimum atomic E-state index is -0.794. The molecule has 0 aromatic carbocycles. The van der Waals surface area contributed by atoms with Crippen LogP contribution in [0.15, 0.2) is 0 Å². The van der Waals surface area contributed by atoms with Crippen LogP contribution < -0.4 is 10.6 Å². The van der Waals surface area contributed by atoms with Crippen molar-refractivity contribution in [2.75, 3.05) is 6.54 Å². The standard InChI is InChI=1S/C16H26N2O3/c1-3-8-13(4-2)18-15(21)17-12-16(11-14(19)20)9-6-5-7-10-16/h1,13H,4-12H2,2H3,(H,19,20)(H2,17,18,21). The molecule has 1 saturated carbocycles. The van der Waals surface area contributed by atoms with Gasteiger partial charge in [0.1, 0.15) is 0 Å². The van der Waals surface area contributed by atoms with Gasteiger partial charge in [0.2, 0.25) is 0 Å². The van der Waals surface area contributed by atoms with Gasteiger partial charge in [-0.15, -0.1) is 12.3 Å². The molecule has 1 rings (SSSR count). The maximum atomic E-state index is 11.9. The molecule has 0 heterocycles. The van der Waals surface area contributed by atoms with Crippen LogP contribution in [0.1, 0.15) is 58.3 Å². The monoisotopic (exact) mass is 294 g/mol. The Bertz CT molecular complexity index is 395. The summed E-state index contributed by atoms with van der Waals surface area (Å²) >= 11 is 0. The SMILES string of the molecule is C#CCC(CC)NC(=O)NCC1(CC(=O)O)CCCCC1. The van der Waals surface area contributed by atoms with E-state index in [9.17, 15) is 9.59 Å². The first-order chi connectivity index (χ1) is 10.0. The number of terminal acetylenes is 1. The van der Waals surface area contributed by atoms with Gasteiger partial charge >= 0.3 is 12.0 Å². The van der Waals surface area contributed by atoms with Crippen LogP contribution in [0.25, 0.3) is 0 Å². The van der Waals surface area contributed by atoms with Crippen molar-refractivity contribution in [3.05, 3.63) is 0 Å². The Morgan fingerprint density at radius 2 is 2.00 bits per heavy atom. The normalized spacial score (nSPS) is 18.3. The number of carbonyl (C=O) groups excluding carboxylic acids is 1. The fourth-order valence-corrected chi connectivity index (χ4v) is 2.98. The predicted molar refractivity (Wildman–Crippen MR) is 81.8 cm³/mol. The molecule has 0 aromatic rings. The Kier molecular flexibility index (Phi) is 7.07. The fourth-order valence-electron chi connectivity index (χ4n) is 2.98. The molecule has 0 bridgehead atoms. The molecule has 0 aliphatic heterocycles. The zero-order valence-electron chi connectivity index (χ0n) is 12.8. The van der Waals surface area contributed by atoms with Gasteiger partial charge in [-0.2, -0.15) is 0 Å². The van der Waals surface area contributed by atoms with Crippen LogP contribution in [0.2, 0.25) is 0 Å². The number of hydrogen-bond acceptors (Lipinski definition) is 2. The summed E-state index contributed by atoms with van der Waals surface area (Å²) in [6.45, 7) is 2.38. The van der Waals surface area contributed by atoms with Crippen molar-refractivity contribution in [3.8, 4) is 12.3 Å². The lowest BCUT2D eigenvalue weighted by Gasteiger charge is -2.36. The van der Waals surface area contributed by atoms with Crippen LogP contribution in [-0.4, -0.2) is 29.7 Å². The lowest BCUT2D eigenvalue weighted by Crippen LogP contribution is -2.47. The third-order valence-corrected chi connectivity index (χ3v) is 4.26. The molecule has 1 unspecified atom stereocenters. The minimum Gasteiger partial charge on any atom is -0.481 e. The molecule has 21 heavy (non-hydrogen) atoms. The van der Waals surface area contributed by atoms with Crippen molar-refractivity contribution in [1.82, 2.24) is 10.6 Å². The molecule has 2 amide bonds. The van der Waals surface area contributed by atoms with E-state index in [0.29, 0.717) is 13.0 Å². The summed E-state index contributed by atoms with van der Waals surface area (Å²) in [5.74, 6) is 1.75. The summed E-state index contributed by atoms with van der Waals surface area (Å²) in [7, 11) is 0. The first-order valence-corrected chi connectivity index (χ1v) is 7.71. The fraction of sp³-hybridized carbons (Fsp3) is 0.750. The summed E-state index contributed by atoms with van der Waals surface area (Å²) in [6, 6.07) is -0.288. The maximum absolute atomic E-state index is 11.9. The summed E-state index contributed by atoms with van der Waals surface area (Å²) in [5, 5.41) is 14.8. The molecule has 1 atom stereocenters. The van der Waals surface area contributed by atoms with Crippen molar-refractivity contribution in [2.24, 2.45) is 5.41 Å². The maximum Gasteiger partial charge on any atom is 0.315 e. The molecule has 118 valence electrons. The molecule has 1 aliphatic carbocycles. The van der Waals surface area contributed by atoms with Crippen molar-refractivity contribution in [2.45, 2.75) is 64.3 Å². The highest BCUT2D eigenvalue weighted by Crippen LogP contribution is 2.38. The van der Waals surface area contributed by atoms with Gasteiger partial charge < -0.3 is 15.7 Å². The summed E-state index contributed by atoms with van der Waals surface area (Å²) < 4.78 is 0. The quantitative estimate of drug-likeness (QED) is 0.631. The van der Waals surface area contributed by atoms with E-state index in [0.717, 1.165) is 38.5 Å². The van der Waals surface area contributed by atoms with Crippen LogP contribution in [-0.2, 0) is 4.79 Å². The topological polar surface area (TPSA) is 78.4 Å². The van der Waals surface area contributed by atoms with E-state index in [1.54, 1.807) is 0 Å². The van der Waals surface area contributed by atoms with Crippen LogP contribution in [0.5, 0.6) is 0 Å². The number of nitrogens with one attached hydrogen (secondary N) is 2. The van der Waals surface area contributed by atoms with E-state index < -0.39 is 5.97 Å². The van der Waals surface area contributed by atoms with Gasteiger partial charge in [0.25, 0.3) is 0 Å². The Balaban J connectivity index is 2.50. The van der Waals surface area contributed by atoms with Crippen LogP contribution in [0.3, 0.4) is 0 Å². The summed E-state index contributed by atoms with van der Waals surface area (Å²) in [6.07, 6.45) is 11.6. The molecule has 1 aliphatic rings. The molecular weight excluding hydrogens is 268 g/mol. The molecule has 0 radical (unpaired) electrons. The van der Waals surface area contributed by atoms with Gasteiger partial charge in [-0.1, -0.05) is 26.2 Å². The van der Waals surface area contributed by atoms with E-state index in [2.05, 4.69) is 16.6 Å². The number of urea groups is 1. The largest absolute Gasteiger partial charge is 0.481 e. The molecular formula is C16H26N2O3. The Morgan fingerprint density at radius 1 is 1.33 bits per heavy atom. The van der Waals surface area contributed by atoms with Gasteiger partial charge in [-0.3, -0.25) is 4.79 Å². The smallest absolute Gasteiger partial charge is 0.315 e. The van der Waals surface area contributed by atoms with Crippen LogP contribution >= 0.6 is 0 Å². The van der Waals surface area contributed by atoms with Crippen molar-refractivity contribution < 1.29 is 14.7 Å². The Morgan fingerprint density at radius 3 is 2.52 bits per heavy atom. The third kappa shape index (κ3) is 6.07. The highest BCUT2D eigenvalue weighted by atomic mass is 16.4. The Hall–Kier alpha value is -1.70. The van der Waals surface area contributed by atoms with E-state index in [1.807, 2.05) is 6.92 Å². The molecule has 0 saturated heterocycles. The molecule has 5 heteroatoms. The summed E-state index contributed by atoms with van der Waals surface area (Å²) in [5.41, 5.74) is -0.296. The average molecular weight is 294 g/mol. The Labute approximate surface area is 126 Å². The number of carboxylic acid groups (broad SMARTS) is 1. The second-order valence-electron chi connectivity index (χ2n) is 5.97. The zero-order chi connectivity index (χ0) is 15.7. The van der Waals surface area contributed by atoms with Gasteiger partial charge in [-0.05, 0) is 24.7 Å². The van der Waals surface area contributed by atoms with E-state index >= 15 is 0 Å². The zero-order valence-corrected chi connectivity index (χ0v) is 12.8. The van der Waals surface area contributed by atoms with Gasteiger partial charge in [0.15, 0.2) is 0 Å². The number of rotatable bonds is 7. The van der Waals surface area contributed by atoms with E-state index in [1.165, 1.54) is 0 Å². The van der Waals surface area contributed by atoms with Crippen molar-refractivity contribution in [3.63, 3.8) is 0 Å². The average Bonchev–Trinajstić information content (AvgIpc) is 2.45. The van der Waals surface area contributed by atoms with Gasteiger partial charge in [-0.25, -0.2) is 4.79 Å². The first-order valence-electron chi connectivity index (χ1n) is 7.71. The van der Waals surface area contributed by atoms with E-state index in [4.69, 9.17) is 11.5 Å². The lowest BCUT2D eigenvalue weighted by atomic mass is 9.72. The first kappa shape index (κ1) is 17.4. The number of carboxylic acids is 1. The number of aliphatic carboxylic acids is 1. The number of hydrogen-bond donors (Lipinski definition) is 3. The minimum absolute atomic E-state index is 0.0308. The van der Waals surface area contributed by atoms with Crippen molar-refractivity contribution in [1.29, 1.82) is 0 Å². The van der Waals surface area contributed by atoms with Crippen LogP contribution in [0, 0.1) is 17.8 Å². The molecule has 5 nitrogen and oxygen atoms in total. The summed E-state index contributed by atoms with van der Waals surface area (Å²) in [4.78, 5) is 23.0. The van der Waals surface area contributed by atoms with Gasteiger partial charge in [0, 0.05) is 19.0 Å². The van der Waals surface area contributed by atoms with Crippen LogP contribution in [0.4, 0.5) is 4.79 Å².